The van der Waals surface area contributed by atoms with E-state index in [9.17, 15) is 4.79 Å². The van der Waals surface area contributed by atoms with Gasteiger partial charge in [0.15, 0.2) is 0 Å². The number of nitrogens with zero attached hydrogens (tertiary/aromatic N) is 2. The van der Waals surface area contributed by atoms with Crippen LogP contribution in [-0.2, 0) is 17.8 Å². The number of hydrogen-bond acceptors (Lipinski definition) is 3. The van der Waals surface area contributed by atoms with E-state index in [0.717, 1.165) is 23.1 Å². The number of benzene rings is 1. The minimum absolute atomic E-state index is 0. The molecule has 7 heteroatoms. The molecule has 0 fully saturated rings. The highest BCUT2D eigenvalue weighted by Crippen LogP contribution is 2.12. The molecule has 2 aromatic rings. The van der Waals surface area contributed by atoms with Gasteiger partial charge < -0.3 is 11.1 Å². The fourth-order valence-electron chi connectivity index (χ4n) is 2.04. The summed E-state index contributed by atoms with van der Waals surface area (Å²) < 4.78 is 2.88. The number of halogens is 2. The lowest BCUT2D eigenvalue weighted by Gasteiger charge is -2.08. The molecule has 0 spiro atoms. The van der Waals surface area contributed by atoms with Gasteiger partial charge in [-0.15, -0.1) is 12.4 Å². The first-order valence-electron chi connectivity index (χ1n) is 7.35. The van der Waals surface area contributed by atoms with Gasteiger partial charge in [-0.2, -0.15) is 5.10 Å². The maximum absolute atomic E-state index is 11.7. The van der Waals surface area contributed by atoms with Crippen LogP contribution in [0.25, 0.3) is 0 Å². The Kier molecular flexibility index (Phi) is 8.30. The number of aromatic nitrogens is 2. The second-order valence-electron chi connectivity index (χ2n) is 5.43. The van der Waals surface area contributed by atoms with Crippen molar-refractivity contribution in [2.45, 2.75) is 38.8 Å². The number of rotatable bonds is 7. The van der Waals surface area contributed by atoms with Gasteiger partial charge in [-0.25, -0.2) is 0 Å². The Morgan fingerprint density at radius 3 is 2.65 bits per heavy atom. The highest BCUT2D eigenvalue weighted by atomic mass is 79.9. The molecule has 23 heavy (non-hydrogen) atoms. The minimum atomic E-state index is 0. The predicted molar refractivity (Wildman–Crippen MR) is 98.8 cm³/mol. The first kappa shape index (κ1) is 19.7. The number of carbonyl (C=O) groups is 1. The van der Waals surface area contributed by atoms with Gasteiger partial charge in [0.05, 0.1) is 10.7 Å². The summed E-state index contributed by atoms with van der Waals surface area (Å²) in [4.78, 5) is 11.7. The maximum Gasteiger partial charge on any atom is 0.224 e. The third kappa shape index (κ3) is 7.16. The number of nitrogens with two attached hydrogens (primary N) is 1. The lowest BCUT2D eigenvalue weighted by molar-refractivity contribution is -0.116. The number of amides is 1. The lowest BCUT2D eigenvalue weighted by atomic mass is 10.1. The van der Waals surface area contributed by atoms with Gasteiger partial charge in [-0.3, -0.25) is 9.48 Å². The normalized spacial score (nSPS) is 11.6. The van der Waals surface area contributed by atoms with Crippen LogP contribution in [0, 0.1) is 0 Å². The van der Waals surface area contributed by atoms with Crippen LogP contribution in [0.2, 0.25) is 0 Å². The molecule has 1 unspecified atom stereocenters. The van der Waals surface area contributed by atoms with E-state index in [-0.39, 0.29) is 24.4 Å². The Labute approximate surface area is 151 Å². The molecule has 126 valence electrons. The number of carbonyl (C=O) groups excluding carboxylic acids is 1. The summed E-state index contributed by atoms with van der Waals surface area (Å²) in [5.74, 6) is 0.00596. The standard InChI is InChI=1S/C16H21BrN4O.ClH/c1-12(18)2-7-16(22)20-15-5-3-13(4-6-15)8-9-21-11-14(17)10-19-21;/h3-6,10-12H,2,7-9,18H2,1H3,(H,20,22);1H. The topological polar surface area (TPSA) is 72.9 Å². The van der Waals surface area contributed by atoms with Gasteiger partial charge in [-0.05, 0) is 53.4 Å². The van der Waals surface area contributed by atoms with E-state index >= 15 is 0 Å². The Morgan fingerprint density at radius 2 is 2.09 bits per heavy atom. The Hall–Kier alpha value is -1.37. The zero-order valence-corrected chi connectivity index (χ0v) is 15.4. The van der Waals surface area contributed by atoms with Crippen molar-refractivity contribution in [1.29, 1.82) is 0 Å². The molecule has 0 saturated carbocycles. The Balaban J connectivity index is 0.00000264. The summed E-state index contributed by atoms with van der Waals surface area (Å²) >= 11 is 3.38. The molecular formula is C16H22BrClN4O. The molecule has 3 N–H and O–H groups in total. The van der Waals surface area contributed by atoms with Crippen LogP contribution in [0.5, 0.6) is 0 Å². The average Bonchev–Trinajstić information content (AvgIpc) is 2.90. The third-order valence-corrected chi connectivity index (χ3v) is 3.71. The predicted octanol–water partition coefficient (Wildman–Crippen LogP) is 3.38. The van der Waals surface area contributed by atoms with Crippen molar-refractivity contribution in [1.82, 2.24) is 9.78 Å². The number of anilines is 1. The Morgan fingerprint density at radius 1 is 1.39 bits per heavy atom. The van der Waals surface area contributed by atoms with Crippen LogP contribution in [0.1, 0.15) is 25.3 Å². The first-order chi connectivity index (χ1) is 10.5. The molecule has 0 aliphatic rings. The highest BCUT2D eigenvalue weighted by Gasteiger charge is 2.04. The SMILES string of the molecule is CC(N)CCC(=O)Nc1ccc(CCn2cc(Br)cn2)cc1.Cl. The van der Waals surface area contributed by atoms with E-state index in [4.69, 9.17) is 5.73 Å². The average molecular weight is 402 g/mol. The molecule has 0 aliphatic heterocycles. The van der Waals surface area contributed by atoms with Crippen molar-refractivity contribution in [2.75, 3.05) is 5.32 Å². The van der Waals surface area contributed by atoms with Gasteiger partial charge in [0.2, 0.25) is 5.91 Å². The number of hydrogen-bond donors (Lipinski definition) is 2. The van der Waals surface area contributed by atoms with E-state index in [1.165, 1.54) is 5.56 Å². The van der Waals surface area contributed by atoms with Crippen LogP contribution in [0.15, 0.2) is 41.1 Å². The Bertz CT molecular complexity index is 613. The van der Waals surface area contributed by atoms with Crippen LogP contribution in [0.3, 0.4) is 0 Å². The van der Waals surface area contributed by atoms with Crippen molar-refractivity contribution in [3.8, 4) is 0 Å². The molecule has 1 heterocycles. The lowest BCUT2D eigenvalue weighted by Crippen LogP contribution is -2.19. The molecule has 2 rings (SSSR count). The van der Waals surface area contributed by atoms with Crippen molar-refractivity contribution < 1.29 is 4.79 Å². The van der Waals surface area contributed by atoms with Gasteiger partial charge >= 0.3 is 0 Å². The smallest absolute Gasteiger partial charge is 0.224 e. The van der Waals surface area contributed by atoms with Crippen LogP contribution >= 0.6 is 28.3 Å². The van der Waals surface area contributed by atoms with E-state index in [1.807, 2.05) is 42.1 Å². The minimum Gasteiger partial charge on any atom is -0.328 e. The van der Waals surface area contributed by atoms with Gasteiger partial charge in [0.1, 0.15) is 0 Å². The fraction of sp³-hybridized carbons (Fsp3) is 0.375. The van der Waals surface area contributed by atoms with E-state index < -0.39 is 0 Å². The van der Waals surface area contributed by atoms with Gasteiger partial charge in [0, 0.05) is 30.9 Å². The zero-order chi connectivity index (χ0) is 15.9. The van der Waals surface area contributed by atoms with Crippen LogP contribution in [-0.4, -0.2) is 21.7 Å². The second kappa shape index (κ2) is 9.70. The molecule has 1 aromatic carbocycles. The molecule has 0 radical (unpaired) electrons. The largest absolute Gasteiger partial charge is 0.328 e. The van der Waals surface area contributed by atoms with Crippen molar-refractivity contribution in [3.63, 3.8) is 0 Å². The summed E-state index contributed by atoms with van der Waals surface area (Å²) in [6.45, 7) is 2.73. The molecular weight excluding hydrogens is 380 g/mol. The number of aryl methyl sites for hydroxylation is 2. The maximum atomic E-state index is 11.7. The van der Waals surface area contributed by atoms with Crippen LogP contribution in [0.4, 0.5) is 5.69 Å². The van der Waals surface area contributed by atoms with Crippen LogP contribution < -0.4 is 11.1 Å². The fourth-order valence-corrected chi connectivity index (χ4v) is 2.37. The molecule has 1 atom stereocenters. The van der Waals surface area contributed by atoms with Crippen molar-refractivity contribution >= 4 is 39.9 Å². The third-order valence-electron chi connectivity index (χ3n) is 3.30. The summed E-state index contributed by atoms with van der Waals surface area (Å²) in [6.07, 6.45) is 5.78. The molecule has 0 aliphatic carbocycles. The summed E-state index contributed by atoms with van der Waals surface area (Å²) in [6, 6.07) is 7.96. The quantitative estimate of drug-likeness (QED) is 0.747. The highest BCUT2D eigenvalue weighted by molar-refractivity contribution is 9.10. The van der Waals surface area contributed by atoms with Gasteiger partial charge in [-0.1, -0.05) is 12.1 Å². The summed E-state index contributed by atoms with van der Waals surface area (Å²) in [5.41, 5.74) is 7.67. The molecule has 0 bridgehead atoms. The number of nitrogens with one attached hydrogen (secondary N) is 1. The molecule has 1 amide bonds. The van der Waals surface area contributed by atoms with E-state index in [1.54, 1.807) is 6.20 Å². The molecule has 1 aromatic heterocycles. The van der Waals surface area contributed by atoms with Gasteiger partial charge in [0.25, 0.3) is 0 Å². The van der Waals surface area contributed by atoms with E-state index in [2.05, 4.69) is 26.3 Å². The van der Waals surface area contributed by atoms with Crippen molar-refractivity contribution in [3.05, 3.63) is 46.7 Å². The van der Waals surface area contributed by atoms with Crippen molar-refractivity contribution in [2.24, 2.45) is 5.73 Å². The molecule has 5 nitrogen and oxygen atoms in total. The summed E-state index contributed by atoms with van der Waals surface area (Å²) in [7, 11) is 0. The monoisotopic (exact) mass is 400 g/mol. The van der Waals surface area contributed by atoms with E-state index in [0.29, 0.717) is 12.8 Å². The second-order valence-corrected chi connectivity index (χ2v) is 6.35. The zero-order valence-electron chi connectivity index (χ0n) is 13.0. The first-order valence-corrected chi connectivity index (χ1v) is 8.14. The molecule has 0 saturated heterocycles. The summed E-state index contributed by atoms with van der Waals surface area (Å²) in [5, 5.41) is 7.11.